The lowest BCUT2D eigenvalue weighted by molar-refractivity contribution is -0.142. The standard InChI is InChI=1S/C13H14F2O4/c1-13(2)18-7-8(19-13)6-17-12(16)9-4-3-5-10(14)11(9)15/h3-5,8H,6-7H2,1-2H3/t8-/m0/s1. The van der Waals surface area contributed by atoms with Gasteiger partial charge in [0.15, 0.2) is 17.4 Å². The van der Waals surface area contributed by atoms with Crippen molar-refractivity contribution in [2.24, 2.45) is 0 Å². The third kappa shape index (κ3) is 3.27. The Morgan fingerprint density at radius 3 is 2.84 bits per heavy atom. The number of ether oxygens (including phenoxy) is 3. The van der Waals surface area contributed by atoms with Gasteiger partial charge < -0.3 is 14.2 Å². The van der Waals surface area contributed by atoms with E-state index >= 15 is 0 Å². The topological polar surface area (TPSA) is 44.8 Å². The quantitative estimate of drug-likeness (QED) is 0.792. The number of hydrogen-bond acceptors (Lipinski definition) is 4. The first-order valence-electron chi connectivity index (χ1n) is 5.82. The van der Waals surface area contributed by atoms with E-state index in [-0.39, 0.29) is 13.2 Å². The molecule has 19 heavy (non-hydrogen) atoms. The Kier molecular flexibility index (Phi) is 3.82. The van der Waals surface area contributed by atoms with Gasteiger partial charge in [-0.15, -0.1) is 0 Å². The minimum atomic E-state index is -1.21. The molecule has 1 saturated heterocycles. The van der Waals surface area contributed by atoms with Gasteiger partial charge in [-0.25, -0.2) is 13.6 Å². The maximum Gasteiger partial charge on any atom is 0.341 e. The van der Waals surface area contributed by atoms with Gasteiger partial charge in [0, 0.05) is 0 Å². The van der Waals surface area contributed by atoms with E-state index in [0.29, 0.717) is 0 Å². The third-order valence-corrected chi connectivity index (χ3v) is 2.64. The first-order chi connectivity index (χ1) is 8.89. The second-order valence-electron chi connectivity index (χ2n) is 4.65. The van der Waals surface area contributed by atoms with Gasteiger partial charge >= 0.3 is 5.97 Å². The lowest BCUT2D eigenvalue weighted by atomic mass is 10.2. The van der Waals surface area contributed by atoms with E-state index < -0.39 is 35.1 Å². The van der Waals surface area contributed by atoms with Crippen LogP contribution < -0.4 is 0 Å². The average Bonchev–Trinajstić information content (AvgIpc) is 2.69. The van der Waals surface area contributed by atoms with Gasteiger partial charge in [0.2, 0.25) is 0 Å². The summed E-state index contributed by atoms with van der Waals surface area (Å²) in [5.74, 6) is -3.95. The molecule has 1 heterocycles. The second-order valence-corrected chi connectivity index (χ2v) is 4.65. The predicted molar refractivity (Wildman–Crippen MR) is 61.5 cm³/mol. The van der Waals surface area contributed by atoms with Crippen LogP contribution in [0.3, 0.4) is 0 Å². The molecule has 0 bridgehead atoms. The molecule has 1 aromatic carbocycles. The van der Waals surface area contributed by atoms with E-state index in [1.807, 2.05) is 0 Å². The fraction of sp³-hybridized carbons (Fsp3) is 0.462. The Morgan fingerprint density at radius 2 is 2.21 bits per heavy atom. The fourth-order valence-electron chi connectivity index (χ4n) is 1.75. The Labute approximate surface area is 109 Å². The van der Waals surface area contributed by atoms with E-state index in [1.54, 1.807) is 13.8 Å². The Hall–Kier alpha value is -1.53. The minimum Gasteiger partial charge on any atom is -0.459 e. The SMILES string of the molecule is CC1(C)OC[C@H](COC(=O)c2cccc(F)c2F)O1. The highest BCUT2D eigenvalue weighted by molar-refractivity contribution is 5.89. The summed E-state index contributed by atoms with van der Waals surface area (Å²) in [6.07, 6.45) is -0.407. The van der Waals surface area contributed by atoms with Crippen molar-refractivity contribution in [2.75, 3.05) is 13.2 Å². The number of hydrogen-bond donors (Lipinski definition) is 0. The van der Waals surface area contributed by atoms with Crippen molar-refractivity contribution < 1.29 is 27.8 Å². The summed E-state index contributed by atoms with van der Waals surface area (Å²) in [5.41, 5.74) is -0.432. The summed E-state index contributed by atoms with van der Waals surface area (Å²) < 4.78 is 41.9. The fourth-order valence-corrected chi connectivity index (χ4v) is 1.75. The molecular formula is C13H14F2O4. The molecule has 4 nitrogen and oxygen atoms in total. The highest BCUT2D eigenvalue weighted by Crippen LogP contribution is 2.22. The smallest absolute Gasteiger partial charge is 0.341 e. The van der Waals surface area contributed by atoms with Gasteiger partial charge in [0.25, 0.3) is 0 Å². The molecule has 1 aromatic rings. The van der Waals surface area contributed by atoms with Crippen LogP contribution in [0.2, 0.25) is 0 Å². The first-order valence-corrected chi connectivity index (χ1v) is 5.82. The minimum absolute atomic E-state index is 0.0712. The van der Waals surface area contributed by atoms with Crippen LogP contribution >= 0.6 is 0 Å². The normalized spacial score (nSPS) is 21.4. The predicted octanol–water partition coefficient (Wildman–Crippen LogP) is 2.27. The van der Waals surface area contributed by atoms with E-state index in [4.69, 9.17) is 14.2 Å². The molecule has 0 aliphatic carbocycles. The Bertz CT molecular complexity index is 488. The molecule has 0 radical (unpaired) electrons. The molecule has 6 heteroatoms. The van der Waals surface area contributed by atoms with Gasteiger partial charge in [0.05, 0.1) is 12.2 Å². The van der Waals surface area contributed by atoms with Crippen molar-refractivity contribution in [3.05, 3.63) is 35.4 Å². The highest BCUT2D eigenvalue weighted by Gasteiger charge is 2.33. The summed E-state index contributed by atoms with van der Waals surface area (Å²) in [7, 11) is 0. The Morgan fingerprint density at radius 1 is 1.47 bits per heavy atom. The molecule has 1 aliphatic rings. The molecule has 2 rings (SSSR count). The largest absolute Gasteiger partial charge is 0.459 e. The third-order valence-electron chi connectivity index (χ3n) is 2.64. The van der Waals surface area contributed by atoms with Crippen LogP contribution in [0.15, 0.2) is 18.2 Å². The van der Waals surface area contributed by atoms with Gasteiger partial charge in [0.1, 0.15) is 12.7 Å². The van der Waals surface area contributed by atoms with Crippen LogP contribution in [-0.4, -0.2) is 31.1 Å². The van der Waals surface area contributed by atoms with E-state index in [1.165, 1.54) is 6.07 Å². The zero-order valence-electron chi connectivity index (χ0n) is 10.6. The van der Waals surface area contributed by atoms with Crippen molar-refractivity contribution in [2.45, 2.75) is 25.7 Å². The number of rotatable bonds is 3. The zero-order chi connectivity index (χ0) is 14.0. The van der Waals surface area contributed by atoms with E-state index in [2.05, 4.69) is 0 Å². The number of benzene rings is 1. The molecule has 1 fully saturated rings. The van der Waals surface area contributed by atoms with E-state index in [9.17, 15) is 13.6 Å². The summed E-state index contributed by atoms with van der Waals surface area (Å²) in [5, 5.41) is 0. The first kappa shape index (κ1) is 13.9. The number of carbonyl (C=O) groups is 1. The van der Waals surface area contributed by atoms with Gasteiger partial charge in [-0.1, -0.05) is 6.07 Å². The molecule has 0 aromatic heterocycles. The molecule has 0 unspecified atom stereocenters. The van der Waals surface area contributed by atoms with Crippen molar-refractivity contribution in [3.8, 4) is 0 Å². The van der Waals surface area contributed by atoms with Crippen LogP contribution in [0.25, 0.3) is 0 Å². The summed E-state index contributed by atoms with van der Waals surface area (Å²) in [6, 6.07) is 3.34. The highest BCUT2D eigenvalue weighted by atomic mass is 19.2. The van der Waals surface area contributed by atoms with Crippen LogP contribution in [0.5, 0.6) is 0 Å². The van der Waals surface area contributed by atoms with Crippen molar-refractivity contribution >= 4 is 5.97 Å². The van der Waals surface area contributed by atoms with Crippen molar-refractivity contribution in [1.82, 2.24) is 0 Å². The van der Waals surface area contributed by atoms with Gasteiger partial charge in [-0.2, -0.15) is 0 Å². The summed E-state index contributed by atoms with van der Waals surface area (Å²) in [4.78, 5) is 11.6. The molecular weight excluding hydrogens is 258 g/mol. The molecule has 104 valence electrons. The van der Waals surface area contributed by atoms with Crippen LogP contribution in [0.1, 0.15) is 24.2 Å². The van der Waals surface area contributed by atoms with Crippen molar-refractivity contribution in [3.63, 3.8) is 0 Å². The molecule has 0 N–H and O–H groups in total. The maximum atomic E-state index is 13.3. The Balaban J connectivity index is 1.93. The molecule has 1 atom stereocenters. The molecule has 0 spiro atoms. The van der Waals surface area contributed by atoms with Gasteiger partial charge in [-0.3, -0.25) is 0 Å². The number of esters is 1. The molecule has 0 amide bonds. The molecule has 1 aliphatic heterocycles. The lowest BCUT2D eigenvalue weighted by Crippen LogP contribution is -2.25. The molecule has 0 saturated carbocycles. The van der Waals surface area contributed by atoms with Crippen LogP contribution in [0.4, 0.5) is 8.78 Å². The van der Waals surface area contributed by atoms with Crippen LogP contribution in [-0.2, 0) is 14.2 Å². The number of carbonyl (C=O) groups excluding carboxylic acids is 1. The summed E-state index contributed by atoms with van der Waals surface area (Å²) in [6.45, 7) is 3.69. The van der Waals surface area contributed by atoms with Crippen molar-refractivity contribution in [1.29, 1.82) is 0 Å². The maximum absolute atomic E-state index is 13.3. The number of halogens is 2. The average molecular weight is 272 g/mol. The monoisotopic (exact) mass is 272 g/mol. The summed E-state index contributed by atoms with van der Waals surface area (Å²) >= 11 is 0. The van der Waals surface area contributed by atoms with Gasteiger partial charge in [-0.05, 0) is 26.0 Å². The van der Waals surface area contributed by atoms with Crippen LogP contribution in [0, 0.1) is 11.6 Å². The van der Waals surface area contributed by atoms with E-state index in [0.717, 1.165) is 12.1 Å². The lowest BCUT2D eigenvalue weighted by Gasteiger charge is -2.17. The zero-order valence-corrected chi connectivity index (χ0v) is 10.6. The second kappa shape index (κ2) is 5.22.